The standard InChI is InChI=1S/C27H30N4O3S/c32-35(33,20-6-15-30-16-18-34-19-17-30)29-24-13-11-23(12-14-24)27-28-25-9-4-5-10-26(25)31(27)21-22-7-2-1-3-8-22/h1-5,7-14,29H,6,15-21H2. The summed E-state index contributed by atoms with van der Waals surface area (Å²) in [4.78, 5) is 7.12. The zero-order chi connectivity index (χ0) is 24.1. The second kappa shape index (κ2) is 10.6. The molecule has 1 saturated heterocycles. The van der Waals surface area contributed by atoms with Crippen LogP contribution in [0.5, 0.6) is 0 Å². The molecule has 1 aromatic heterocycles. The predicted molar refractivity (Wildman–Crippen MR) is 140 cm³/mol. The number of rotatable bonds is 9. The number of nitrogens with one attached hydrogen (secondary N) is 1. The molecule has 0 aliphatic carbocycles. The third kappa shape index (κ3) is 5.90. The lowest BCUT2D eigenvalue weighted by atomic mass is 10.2. The van der Waals surface area contributed by atoms with Crippen molar-refractivity contribution in [1.29, 1.82) is 0 Å². The lowest BCUT2D eigenvalue weighted by Gasteiger charge is -2.26. The third-order valence-electron chi connectivity index (χ3n) is 6.25. The van der Waals surface area contributed by atoms with Crippen LogP contribution in [0, 0.1) is 0 Å². The molecule has 8 heteroatoms. The van der Waals surface area contributed by atoms with Crippen molar-refractivity contribution >= 4 is 26.7 Å². The minimum Gasteiger partial charge on any atom is -0.379 e. The molecule has 3 aromatic carbocycles. The van der Waals surface area contributed by atoms with Crippen molar-refractivity contribution in [1.82, 2.24) is 14.5 Å². The van der Waals surface area contributed by atoms with Gasteiger partial charge in [0.2, 0.25) is 10.0 Å². The number of aromatic nitrogens is 2. The van der Waals surface area contributed by atoms with E-state index in [1.807, 2.05) is 48.5 Å². The summed E-state index contributed by atoms with van der Waals surface area (Å²) in [6.07, 6.45) is 0.594. The molecule has 0 radical (unpaired) electrons. The number of sulfonamides is 1. The molecule has 35 heavy (non-hydrogen) atoms. The molecule has 1 fully saturated rings. The van der Waals surface area contributed by atoms with Gasteiger partial charge in [-0.1, -0.05) is 42.5 Å². The Balaban J connectivity index is 1.30. The van der Waals surface area contributed by atoms with Crippen LogP contribution in [0.1, 0.15) is 12.0 Å². The first kappa shape index (κ1) is 23.5. The first-order chi connectivity index (χ1) is 17.1. The summed E-state index contributed by atoms with van der Waals surface area (Å²) >= 11 is 0. The molecule has 0 saturated carbocycles. The minimum atomic E-state index is -3.41. The first-order valence-corrected chi connectivity index (χ1v) is 13.6. The average Bonchev–Trinajstić information content (AvgIpc) is 3.24. The SMILES string of the molecule is O=S(=O)(CCCN1CCOCC1)Nc1ccc(-c2nc3ccccc3n2Cc2ccccc2)cc1. The molecule has 4 aromatic rings. The van der Waals surface area contributed by atoms with Crippen molar-refractivity contribution in [3.05, 3.63) is 84.4 Å². The maximum Gasteiger partial charge on any atom is 0.232 e. The summed E-state index contributed by atoms with van der Waals surface area (Å²) in [5.74, 6) is 0.953. The van der Waals surface area contributed by atoms with E-state index in [1.165, 1.54) is 5.56 Å². The summed E-state index contributed by atoms with van der Waals surface area (Å²) < 4.78 is 35.5. The van der Waals surface area contributed by atoms with Gasteiger partial charge in [-0.2, -0.15) is 0 Å². The van der Waals surface area contributed by atoms with Gasteiger partial charge in [-0.25, -0.2) is 13.4 Å². The van der Waals surface area contributed by atoms with Crippen molar-refractivity contribution in [3.63, 3.8) is 0 Å². The molecule has 0 atom stereocenters. The fourth-order valence-corrected chi connectivity index (χ4v) is 5.55. The molecule has 1 aliphatic heterocycles. The molecule has 0 spiro atoms. The van der Waals surface area contributed by atoms with Crippen LogP contribution in [0.2, 0.25) is 0 Å². The molecule has 0 amide bonds. The highest BCUT2D eigenvalue weighted by Gasteiger charge is 2.16. The van der Waals surface area contributed by atoms with Crippen molar-refractivity contribution in [3.8, 4) is 11.4 Å². The number of benzene rings is 3. The maximum atomic E-state index is 12.6. The van der Waals surface area contributed by atoms with Gasteiger partial charge in [0.15, 0.2) is 0 Å². The van der Waals surface area contributed by atoms with Gasteiger partial charge < -0.3 is 9.30 Å². The van der Waals surface area contributed by atoms with Crippen molar-refractivity contribution in [2.45, 2.75) is 13.0 Å². The van der Waals surface area contributed by atoms with Crippen LogP contribution in [0.3, 0.4) is 0 Å². The van der Waals surface area contributed by atoms with Crippen molar-refractivity contribution in [2.24, 2.45) is 0 Å². The fraction of sp³-hybridized carbons (Fsp3) is 0.296. The molecule has 182 valence electrons. The normalized spacial score (nSPS) is 14.9. The monoisotopic (exact) mass is 490 g/mol. The molecule has 0 unspecified atom stereocenters. The van der Waals surface area contributed by atoms with E-state index in [0.717, 1.165) is 55.3 Å². The number of fused-ring (bicyclic) bond motifs is 1. The molecule has 5 rings (SSSR count). The highest BCUT2D eigenvalue weighted by Crippen LogP contribution is 2.27. The predicted octanol–water partition coefficient (Wildman–Crippen LogP) is 4.22. The quantitative estimate of drug-likeness (QED) is 0.380. The second-order valence-corrected chi connectivity index (χ2v) is 10.6. The number of nitrogens with zero attached hydrogens (tertiary/aromatic N) is 3. The number of imidazole rings is 1. The zero-order valence-corrected chi connectivity index (χ0v) is 20.5. The second-order valence-electron chi connectivity index (χ2n) is 8.80. The van der Waals surface area contributed by atoms with Crippen molar-refractivity contribution in [2.75, 3.05) is 43.3 Å². The highest BCUT2D eigenvalue weighted by molar-refractivity contribution is 7.92. The van der Waals surface area contributed by atoms with E-state index < -0.39 is 10.0 Å². The smallest absolute Gasteiger partial charge is 0.232 e. The summed E-state index contributed by atoms with van der Waals surface area (Å²) in [6.45, 7) is 4.63. The van der Waals surface area contributed by atoms with Crippen LogP contribution in [0.15, 0.2) is 78.9 Å². The van der Waals surface area contributed by atoms with Crippen molar-refractivity contribution < 1.29 is 13.2 Å². The minimum absolute atomic E-state index is 0.0962. The van der Waals surface area contributed by atoms with Crippen LogP contribution >= 0.6 is 0 Å². The van der Waals surface area contributed by atoms with Crippen LogP contribution in [-0.2, 0) is 21.3 Å². The number of hydrogen-bond donors (Lipinski definition) is 1. The number of ether oxygens (including phenoxy) is 1. The van der Waals surface area contributed by atoms with E-state index in [1.54, 1.807) is 12.1 Å². The van der Waals surface area contributed by atoms with E-state index >= 15 is 0 Å². The summed E-state index contributed by atoms with van der Waals surface area (Å²) in [5.41, 5.74) is 4.69. The topological polar surface area (TPSA) is 76.5 Å². The Morgan fingerprint density at radius 2 is 1.60 bits per heavy atom. The van der Waals surface area contributed by atoms with Gasteiger partial charge in [-0.05, 0) is 54.9 Å². The molecule has 0 bridgehead atoms. The maximum absolute atomic E-state index is 12.6. The summed E-state index contributed by atoms with van der Waals surface area (Å²) in [6, 6.07) is 25.9. The van der Waals surface area contributed by atoms with E-state index in [9.17, 15) is 8.42 Å². The number of para-hydroxylation sites is 2. The van der Waals surface area contributed by atoms with E-state index in [4.69, 9.17) is 9.72 Å². The summed E-state index contributed by atoms with van der Waals surface area (Å²) in [5, 5.41) is 0. The molecular formula is C27H30N4O3S. The van der Waals surface area contributed by atoms with Gasteiger partial charge in [-0.3, -0.25) is 9.62 Å². The largest absolute Gasteiger partial charge is 0.379 e. The Morgan fingerprint density at radius 1 is 0.886 bits per heavy atom. The number of hydrogen-bond acceptors (Lipinski definition) is 5. The van der Waals surface area contributed by atoms with Gasteiger partial charge in [0.25, 0.3) is 0 Å². The number of morpholine rings is 1. The summed E-state index contributed by atoms with van der Waals surface area (Å²) in [7, 11) is -3.41. The van der Waals surface area contributed by atoms with Gasteiger partial charge >= 0.3 is 0 Å². The van der Waals surface area contributed by atoms with E-state index in [0.29, 0.717) is 18.7 Å². The Hall–Kier alpha value is -3.20. The Morgan fingerprint density at radius 3 is 2.37 bits per heavy atom. The van der Waals surface area contributed by atoms with Gasteiger partial charge in [0.05, 0.1) is 30.0 Å². The Bertz CT molecular complexity index is 1360. The fourth-order valence-electron chi connectivity index (χ4n) is 4.44. The first-order valence-electron chi connectivity index (χ1n) is 12.0. The Kier molecular flexibility index (Phi) is 7.13. The van der Waals surface area contributed by atoms with E-state index in [2.05, 4.69) is 32.4 Å². The van der Waals surface area contributed by atoms with E-state index in [-0.39, 0.29) is 5.75 Å². The van der Waals surface area contributed by atoms with Gasteiger partial charge in [0, 0.05) is 30.9 Å². The lowest BCUT2D eigenvalue weighted by Crippen LogP contribution is -2.37. The van der Waals surface area contributed by atoms with Crippen LogP contribution in [-0.4, -0.2) is 61.5 Å². The zero-order valence-electron chi connectivity index (χ0n) is 19.6. The molecule has 7 nitrogen and oxygen atoms in total. The lowest BCUT2D eigenvalue weighted by molar-refractivity contribution is 0.0381. The molecule has 1 N–H and O–H groups in total. The van der Waals surface area contributed by atoms with Gasteiger partial charge in [-0.15, -0.1) is 0 Å². The van der Waals surface area contributed by atoms with Crippen LogP contribution in [0.4, 0.5) is 5.69 Å². The third-order valence-corrected chi connectivity index (χ3v) is 7.62. The molecule has 2 heterocycles. The van der Waals surface area contributed by atoms with Gasteiger partial charge in [0.1, 0.15) is 5.82 Å². The Labute approximate surface area is 206 Å². The van der Waals surface area contributed by atoms with Crippen LogP contribution < -0.4 is 4.72 Å². The van der Waals surface area contributed by atoms with Crippen LogP contribution in [0.25, 0.3) is 22.4 Å². The highest BCUT2D eigenvalue weighted by atomic mass is 32.2. The molecular weight excluding hydrogens is 460 g/mol. The molecule has 1 aliphatic rings. The number of anilines is 1. The average molecular weight is 491 g/mol.